The van der Waals surface area contributed by atoms with Crippen molar-refractivity contribution >= 4 is 17.1 Å². The van der Waals surface area contributed by atoms with Crippen molar-refractivity contribution in [3.05, 3.63) is 28.3 Å². The molecule has 2 N–H and O–H groups in total. The van der Waals surface area contributed by atoms with E-state index in [0.29, 0.717) is 17.9 Å². The van der Waals surface area contributed by atoms with Gasteiger partial charge in [-0.25, -0.2) is 0 Å². The molecule has 0 bridgehead atoms. The van der Waals surface area contributed by atoms with Crippen LogP contribution < -0.4 is 10.6 Å². The lowest BCUT2D eigenvalue weighted by molar-refractivity contribution is -0.383. The third kappa shape index (κ3) is 3.36. The Balaban J connectivity index is 2.04. The van der Waals surface area contributed by atoms with Gasteiger partial charge in [0.2, 0.25) is 0 Å². The first kappa shape index (κ1) is 13.6. The van der Waals surface area contributed by atoms with Crippen LogP contribution in [0.1, 0.15) is 32.6 Å². The van der Waals surface area contributed by atoms with Gasteiger partial charge in [-0.3, -0.25) is 10.1 Å². The minimum absolute atomic E-state index is 0.151. The second-order valence-electron chi connectivity index (χ2n) is 5.00. The second kappa shape index (κ2) is 6.41. The summed E-state index contributed by atoms with van der Waals surface area (Å²) in [6.07, 6.45) is 5.05. The Hall–Kier alpha value is -1.78. The van der Waals surface area contributed by atoms with Crippen molar-refractivity contribution in [2.24, 2.45) is 5.92 Å². The van der Waals surface area contributed by atoms with E-state index < -0.39 is 0 Å². The lowest BCUT2D eigenvalue weighted by atomic mass is 9.83. The van der Waals surface area contributed by atoms with Crippen molar-refractivity contribution < 1.29 is 4.92 Å². The molecule has 1 aliphatic rings. The molecule has 1 aliphatic carbocycles. The van der Waals surface area contributed by atoms with Crippen molar-refractivity contribution in [1.82, 2.24) is 0 Å². The number of hydrogen-bond acceptors (Lipinski definition) is 4. The molecule has 0 amide bonds. The van der Waals surface area contributed by atoms with Crippen LogP contribution in [0.5, 0.6) is 0 Å². The SMILES string of the molecule is CCNc1cccc(NCCC2CCC2)c1[N+](=O)[O-]. The number of benzene rings is 1. The van der Waals surface area contributed by atoms with Crippen LogP contribution in [0.15, 0.2) is 18.2 Å². The van der Waals surface area contributed by atoms with Gasteiger partial charge in [0.1, 0.15) is 11.4 Å². The van der Waals surface area contributed by atoms with Crippen LogP contribution in [-0.2, 0) is 0 Å². The molecule has 0 heterocycles. The molecule has 2 rings (SSSR count). The third-order valence-corrected chi connectivity index (χ3v) is 3.68. The summed E-state index contributed by atoms with van der Waals surface area (Å²) in [5.41, 5.74) is 1.35. The Bertz CT molecular complexity index is 444. The van der Waals surface area contributed by atoms with E-state index in [-0.39, 0.29) is 10.6 Å². The van der Waals surface area contributed by atoms with Crippen LogP contribution in [0, 0.1) is 16.0 Å². The van der Waals surface area contributed by atoms with E-state index in [9.17, 15) is 10.1 Å². The van der Waals surface area contributed by atoms with E-state index in [1.807, 2.05) is 13.0 Å². The van der Waals surface area contributed by atoms with Gasteiger partial charge in [0.05, 0.1) is 4.92 Å². The van der Waals surface area contributed by atoms with Crippen molar-refractivity contribution in [3.63, 3.8) is 0 Å². The Labute approximate surface area is 113 Å². The van der Waals surface area contributed by atoms with Crippen molar-refractivity contribution in [2.75, 3.05) is 23.7 Å². The quantitative estimate of drug-likeness (QED) is 0.582. The highest BCUT2D eigenvalue weighted by Crippen LogP contribution is 2.33. The largest absolute Gasteiger partial charge is 0.380 e. The fraction of sp³-hybridized carbons (Fsp3) is 0.571. The summed E-state index contributed by atoms with van der Waals surface area (Å²) in [7, 11) is 0. The predicted molar refractivity (Wildman–Crippen MR) is 77.7 cm³/mol. The van der Waals surface area contributed by atoms with Gasteiger partial charge >= 0.3 is 5.69 Å². The standard InChI is InChI=1S/C14H21N3O2/c1-2-15-12-7-4-8-13(14(12)17(18)19)16-10-9-11-5-3-6-11/h4,7-8,11,15-16H,2-3,5-6,9-10H2,1H3. The van der Waals surface area contributed by atoms with Crippen LogP contribution in [-0.4, -0.2) is 18.0 Å². The molecule has 5 nitrogen and oxygen atoms in total. The Kier molecular flexibility index (Phi) is 4.60. The smallest absolute Gasteiger partial charge is 0.315 e. The first-order chi connectivity index (χ1) is 9.22. The van der Waals surface area contributed by atoms with Gasteiger partial charge in [-0.1, -0.05) is 25.3 Å². The van der Waals surface area contributed by atoms with E-state index in [1.54, 1.807) is 12.1 Å². The number of nitrogens with zero attached hydrogens (tertiary/aromatic N) is 1. The van der Waals surface area contributed by atoms with Gasteiger partial charge in [-0.05, 0) is 31.4 Å². The van der Waals surface area contributed by atoms with E-state index in [0.717, 1.165) is 18.9 Å². The molecular weight excluding hydrogens is 242 g/mol. The van der Waals surface area contributed by atoms with Crippen LogP contribution in [0.4, 0.5) is 17.1 Å². The first-order valence-corrected chi connectivity index (χ1v) is 6.97. The maximum Gasteiger partial charge on any atom is 0.315 e. The maximum absolute atomic E-state index is 11.2. The second-order valence-corrected chi connectivity index (χ2v) is 5.00. The highest BCUT2D eigenvalue weighted by molar-refractivity contribution is 5.76. The molecule has 1 aromatic rings. The van der Waals surface area contributed by atoms with Gasteiger partial charge in [-0.2, -0.15) is 0 Å². The van der Waals surface area contributed by atoms with Gasteiger partial charge in [0.25, 0.3) is 0 Å². The van der Waals surface area contributed by atoms with Crippen molar-refractivity contribution in [2.45, 2.75) is 32.6 Å². The molecule has 104 valence electrons. The topological polar surface area (TPSA) is 67.2 Å². The monoisotopic (exact) mass is 263 g/mol. The molecule has 0 saturated heterocycles. The average molecular weight is 263 g/mol. The predicted octanol–water partition coefficient (Wildman–Crippen LogP) is 3.63. The lowest BCUT2D eigenvalue weighted by Gasteiger charge is -2.25. The summed E-state index contributed by atoms with van der Waals surface area (Å²) < 4.78 is 0. The number of para-hydroxylation sites is 1. The molecule has 0 radical (unpaired) electrons. The Morgan fingerprint density at radius 2 is 2.00 bits per heavy atom. The van der Waals surface area contributed by atoms with Gasteiger partial charge in [0.15, 0.2) is 0 Å². The highest BCUT2D eigenvalue weighted by Gasteiger charge is 2.20. The number of anilines is 2. The van der Waals surface area contributed by atoms with E-state index in [2.05, 4.69) is 10.6 Å². The van der Waals surface area contributed by atoms with Crippen molar-refractivity contribution in [3.8, 4) is 0 Å². The number of nitrogens with one attached hydrogen (secondary N) is 2. The molecule has 1 fully saturated rings. The van der Waals surface area contributed by atoms with E-state index in [4.69, 9.17) is 0 Å². The molecule has 5 heteroatoms. The maximum atomic E-state index is 11.2. The molecule has 0 spiro atoms. The number of nitro groups is 1. The molecule has 0 unspecified atom stereocenters. The Morgan fingerprint density at radius 1 is 1.32 bits per heavy atom. The molecule has 0 aromatic heterocycles. The number of rotatable bonds is 7. The van der Waals surface area contributed by atoms with Crippen molar-refractivity contribution in [1.29, 1.82) is 0 Å². The fourth-order valence-electron chi connectivity index (χ4n) is 2.41. The zero-order chi connectivity index (χ0) is 13.7. The zero-order valence-electron chi connectivity index (χ0n) is 11.3. The summed E-state index contributed by atoms with van der Waals surface area (Å²) in [5, 5.41) is 17.5. The molecule has 19 heavy (non-hydrogen) atoms. The third-order valence-electron chi connectivity index (χ3n) is 3.68. The molecule has 0 atom stereocenters. The zero-order valence-corrected chi connectivity index (χ0v) is 11.3. The average Bonchev–Trinajstić information content (AvgIpc) is 2.32. The number of hydrogen-bond donors (Lipinski definition) is 2. The van der Waals surface area contributed by atoms with Crippen LogP contribution in [0.3, 0.4) is 0 Å². The van der Waals surface area contributed by atoms with E-state index in [1.165, 1.54) is 19.3 Å². The minimum atomic E-state index is -0.316. The highest BCUT2D eigenvalue weighted by atomic mass is 16.6. The summed E-state index contributed by atoms with van der Waals surface area (Å²) in [6, 6.07) is 5.37. The van der Waals surface area contributed by atoms with Gasteiger partial charge in [0, 0.05) is 13.1 Å². The van der Waals surface area contributed by atoms with E-state index >= 15 is 0 Å². The first-order valence-electron chi connectivity index (χ1n) is 6.97. The summed E-state index contributed by atoms with van der Waals surface area (Å²) >= 11 is 0. The van der Waals surface area contributed by atoms with Gasteiger partial charge < -0.3 is 10.6 Å². The summed E-state index contributed by atoms with van der Waals surface area (Å²) in [6.45, 7) is 3.41. The minimum Gasteiger partial charge on any atom is -0.380 e. The molecule has 1 saturated carbocycles. The van der Waals surface area contributed by atoms with Crippen LogP contribution >= 0.6 is 0 Å². The Morgan fingerprint density at radius 3 is 2.53 bits per heavy atom. The molecule has 1 aromatic carbocycles. The van der Waals surface area contributed by atoms with Gasteiger partial charge in [-0.15, -0.1) is 0 Å². The van der Waals surface area contributed by atoms with Crippen LogP contribution in [0.25, 0.3) is 0 Å². The summed E-state index contributed by atoms with van der Waals surface area (Å²) in [5.74, 6) is 0.809. The van der Waals surface area contributed by atoms with Crippen LogP contribution in [0.2, 0.25) is 0 Å². The number of nitro benzene ring substituents is 1. The normalized spacial score (nSPS) is 14.8. The lowest BCUT2D eigenvalue weighted by Crippen LogP contribution is -2.16. The molecular formula is C14H21N3O2. The fourth-order valence-corrected chi connectivity index (χ4v) is 2.41. The summed E-state index contributed by atoms with van der Waals surface area (Å²) in [4.78, 5) is 10.9. The molecule has 0 aliphatic heterocycles.